The van der Waals surface area contributed by atoms with Gasteiger partial charge in [-0.25, -0.2) is 0 Å². The molecule has 1 aliphatic rings. The van der Waals surface area contributed by atoms with Crippen LogP contribution in [0.2, 0.25) is 5.02 Å². The number of carbonyl (C=O) groups excluding carboxylic acids is 1. The van der Waals surface area contributed by atoms with Gasteiger partial charge in [0, 0.05) is 31.7 Å². The monoisotopic (exact) mass is 392 g/mol. The summed E-state index contributed by atoms with van der Waals surface area (Å²) in [5.74, 6) is 1.43. The number of halogens is 1. The molecular formula is C23H21ClN2O2. The highest BCUT2D eigenvalue weighted by molar-refractivity contribution is 6.33. The molecule has 1 aliphatic heterocycles. The predicted molar refractivity (Wildman–Crippen MR) is 113 cm³/mol. The normalized spacial score (nSPS) is 14.0. The summed E-state index contributed by atoms with van der Waals surface area (Å²) < 4.78 is 5.85. The highest BCUT2D eigenvalue weighted by Crippen LogP contribution is 2.27. The minimum Gasteiger partial charge on any atom is -0.457 e. The number of para-hydroxylation sites is 2. The van der Waals surface area contributed by atoms with Gasteiger partial charge in [0.05, 0.1) is 10.7 Å². The Morgan fingerprint density at radius 1 is 0.786 bits per heavy atom. The fraction of sp³-hybridized carbons (Fsp3) is 0.174. The van der Waals surface area contributed by atoms with Gasteiger partial charge in [0.1, 0.15) is 11.5 Å². The third-order valence-electron chi connectivity index (χ3n) is 4.82. The van der Waals surface area contributed by atoms with Gasteiger partial charge in [-0.05, 0) is 42.5 Å². The molecule has 1 fully saturated rings. The van der Waals surface area contributed by atoms with Crippen molar-refractivity contribution in [1.82, 2.24) is 4.90 Å². The van der Waals surface area contributed by atoms with E-state index in [0.717, 1.165) is 29.5 Å². The van der Waals surface area contributed by atoms with E-state index in [9.17, 15) is 4.79 Å². The molecule has 0 aliphatic carbocycles. The summed E-state index contributed by atoms with van der Waals surface area (Å²) in [4.78, 5) is 17.0. The lowest BCUT2D eigenvalue weighted by atomic mass is 10.1. The quantitative estimate of drug-likeness (QED) is 0.619. The van der Waals surface area contributed by atoms with Gasteiger partial charge in [-0.3, -0.25) is 4.79 Å². The maximum Gasteiger partial charge on any atom is 0.254 e. The first kappa shape index (κ1) is 18.4. The van der Waals surface area contributed by atoms with Crippen molar-refractivity contribution >= 4 is 23.2 Å². The molecule has 1 saturated heterocycles. The van der Waals surface area contributed by atoms with E-state index in [2.05, 4.69) is 4.90 Å². The van der Waals surface area contributed by atoms with Gasteiger partial charge in [0.15, 0.2) is 0 Å². The van der Waals surface area contributed by atoms with Gasteiger partial charge in [-0.2, -0.15) is 0 Å². The molecule has 0 bridgehead atoms. The molecule has 4 rings (SSSR count). The lowest BCUT2D eigenvalue weighted by Gasteiger charge is -2.36. The summed E-state index contributed by atoms with van der Waals surface area (Å²) in [6, 6.07) is 24.7. The smallest absolute Gasteiger partial charge is 0.254 e. The van der Waals surface area contributed by atoms with E-state index in [0.29, 0.717) is 24.4 Å². The molecule has 0 N–H and O–H groups in total. The van der Waals surface area contributed by atoms with E-state index in [1.54, 1.807) is 6.07 Å². The minimum absolute atomic E-state index is 0.0253. The van der Waals surface area contributed by atoms with Crippen molar-refractivity contribution < 1.29 is 9.53 Å². The largest absolute Gasteiger partial charge is 0.457 e. The van der Waals surface area contributed by atoms with Gasteiger partial charge in [0.25, 0.3) is 5.91 Å². The van der Waals surface area contributed by atoms with Crippen molar-refractivity contribution in [2.45, 2.75) is 0 Å². The molecule has 0 aromatic heterocycles. The third kappa shape index (κ3) is 4.12. The van der Waals surface area contributed by atoms with Crippen LogP contribution in [0.15, 0.2) is 78.9 Å². The van der Waals surface area contributed by atoms with Crippen molar-refractivity contribution in [2.75, 3.05) is 31.1 Å². The SMILES string of the molecule is O=C(c1cccc(Oc2ccccc2)c1)N1CCN(c2ccccc2Cl)CC1. The lowest BCUT2D eigenvalue weighted by Crippen LogP contribution is -2.48. The Morgan fingerprint density at radius 3 is 2.21 bits per heavy atom. The maximum absolute atomic E-state index is 12.9. The van der Waals surface area contributed by atoms with Crippen LogP contribution < -0.4 is 9.64 Å². The summed E-state index contributed by atoms with van der Waals surface area (Å²) >= 11 is 6.30. The highest BCUT2D eigenvalue weighted by Gasteiger charge is 2.23. The van der Waals surface area contributed by atoms with Crippen LogP contribution in [0.1, 0.15) is 10.4 Å². The standard InChI is InChI=1S/C23H21ClN2O2/c24-21-11-4-5-12-22(21)25-13-15-26(16-14-25)23(27)18-7-6-10-20(17-18)28-19-8-2-1-3-9-19/h1-12,17H,13-16H2. The molecule has 1 amide bonds. The number of rotatable bonds is 4. The summed E-state index contributed by atoms with van der Waals surface area (Å²) in [5.41, 5.74) is 1.66. The van der Waals surface area contributed by atoms with Crippen LogP contribution in [0, 0.1) is 0 Å². The van der Waals surface area contributed by atoms with Gasteiger partial charge in [-0.15, -0.1) is 0 Å². The zero-order valence-corrected chi connectivity index (χ0v) is 16.2. The number of carbonyl (C=O) groups is 1. The molecule has 142 valence electrons. The van der Waals surface area contributed by atoms with Crippen LogP contribution >= 0.6 is 11.6 Å². The van der Waals surface area contributed by atoms with Crippen LogP contribution in [-0.4, -0.2) is 37.0 Å². The Kier molecular flexibility index (Phi) is 5.49. The highest BCUT2D eigenvalue weighted by atomic mass is 35.5. The van der Waals surface area contributed by atoms with Crippen molar-refractivity contribution in [2.24, 2.45) is 0 Å². The zero-order chi connectivity index (χ0) is 19.3. The Labute approximate surface area is 169 Å². The van der Waals surface area contributed by atoms with Crippen LogP contribution in [0.25, 0.3) is 0 Å². The second kappa shape index (κ2) is 8.36. The van der Waals surface area contributed by atoms with Crippen molar-refractivity contribution in [1.29, 1.82) is 0 Å². The first-order valence-corrected chi connectivity index (χ1v) is 9.70. The molecule has 5 heteroatoms. The van der Waals surface area contributed by atoms with E-state index in [1.165, 1.54) is 0 Å². The van der Waals surface area contributed by atoms with Gasteiger partial charge in [-0.1, -0.05) is 48.0 Å². The molecule has 4 nitrogen and oxygen atoms in total. The molecule has 0 saturated carbocycles. The minimum atomic E-state index is 0.0253. The molecule has 28 heavy (non-hydrogen) atoms. The van der Waals surface area contributed by atoms with Crippen LogP contribution in [0.5, 0.6) is 11.5 Å². The second-order valence-corrected chi connectivity index (χ2v) is 7.08. The third-order valence-corrected chi connectivity index (χ3v) is 5.14. The fourth-order valence-corrected chi connectivity index (χ4v) is 3.61. The van der Waals surface area contributed by atoms with E-state index < -0.39 is 0 Å². The second-order valence-electron chi connectivity index (χ2n) is 6.67. The van der Waals surface area contributed by atoms with Gasteiger partial charge in [0.2, 0.25) is 0 Å². The number of piperazine rings is 1. The number of nitrogens with zero attached hydrogens (tertiary/aromatic N) is 2. The summed E-state index contributed by atoms with van der Waals surface area (Å²) in [6.07, 6.45) is 0. The zero-order valence-electron chi connectivity index (χ0n) is 15.4. The Bertz CT molecular complexity index is 954. The number of hydrogen-bond donors (Lipinski definition) is 0. The molecule has 0 unspecified atom stereocenters. The molecule has 0 atom stereocenters. The first-order valence-electron chi connectivity index (χ1n) is 9.32. The molecule has 0 spiro atoms. The van der Waals surface area contributed by atoms with Crippen molar-refractivity contribution in [3.8, 4) is 11.5 Å². The Morgan fingerprint density at radius 2 is 1.46 bits per heavy atom. The topological polar surface area (TPSA) is 32.8 Å². The number of benzene rings is 3. The predicted octanol–water partition coefficient (Wildman–Crippen LogP) is 5.09. The van der Waals surface area contributed by atoms with Crippen LogP contribution in [0.4, 0.5) is 5.69 Å². The van der Waals surface area contributed by atoms with E-state index >= 15 is 0 Å². The number of anilines is 1. The molecule has 0 radical (unpaired) electrons. The number of hydrogen-bond acceptors (Lipinski definition) is 3. The van der Waals surface area contributed by atoms with E-state index in [1.807, 2.05) is 77.7 Å². The summed E-state index contributed by atoms with van der Waals surface area (Å²) in [6.45, 7) is 2.84. The Hall–Kier alpha value is -2.98. The van der Waals surface area contributed by atoms with E-state index in [4.69, 9.17) is 16.3 Å². The maximum atomic E-state index is 12.9. The van der Waals surface area contributed by atoms with Crippen molar-refractivity contribution in [3.63, 3.8) is 0 Å². The van der Waals surface area contributed by atoms with Gasteiger partial charge >= 0.3 is 0 Å². The summed E-state index contributed by atoms with van der Waals surface area (Å²) in [7, 11) is 0. The molecule has 3 aromatic carbocycles. The molecule has 3 aromatic rings. The van der Waals surface area contributed by atoms with E-state index in [-0.39, 0.29) is 5.91 Å². The number of amides is 1. The number of ether oxygens (including phenoxy) is 1. The molecule has 1 heterocycles. The Balaban J connectivity index is 1.41. The van der Waals surface area contributed by atoms with Crippen molar-refractivity contribution in [3.05, 3.63) is 89.4 Å². The average molecular weight is 393 g/mol. The van der Waals surface area contributed by atoms with Crippen LogP contribution in [-0.2, 0) is 0 Å². The fourth-order valence-electron chi connectivity index (χ4n) is 3.36. The molecular weight excluding hydrogens is 372 g/mol. The summed E-state index contributed by atoms with van der Waals surface area (Å²) in [5, 5.41) is 0.744. The average Bonchev–Trinajstić information content (AvgIpc) is 2.75. The lowest BCUT2D eigenvalue weighted by molar-refractivity contribution is 0.0746. The van der Waals surface area contributed by atoms with Gasteiger partial charge < -0.3 is 14.5 Å². The first-order chi connectivity index (χ1) is 13.7. The van der Waals surface area contributed by atoms with Crippen LogP contribution in [0.3, 0.4) is 0 Å².